The molecule has 0 atom stereocenters. The van der Waals surface area contributed by atoms with Crippen LogP contribution in [0.5, 0.6) is 0 Å². The zero-order valence-corrected chi connectivity index (χ0v) is 26.1. The summed E-state index contributed by atoms with van der Waals surface area (Å²) in [7, 11) is 13.2. The Labute approximate surface area is 246 Å². The Morgan fingerprint density at radius 1 is 0.405 bits per heavy atom. The second-order valence-corrected chi connectivity index (χ2v) is 8.80. The van der Waals surface area contributed by atoms with Crippen LogP contribution in [-0.2, 0) is 60.2 Å². The molecular weight excluding hydrogens is 570 g/mol. The van der Waals surface area contributed by atoms with E-state index in [-0.39, 0.29) is 50.6 Å². The first-order valence-corrected chi connectivity index (χ1v) is 11.3. The Balaban J connectivity index is -0.0000000685. The van der Waals surface area contributed by atoms with Crippen molar-refractivity contribution in [3.8, 4) is 0 Å². The van der Waals surface area contributed by atoms with Gasteiger partial charge < -0.3 is 65.6 Å². The molecule has 0 aromatic carbocycles. The normalized spacial score (nSPS) is 18.4. The maximum atomic E-state index is 8.89. The van der Waals surface area contributed by atoms with Crippen molar-refractivity contribution >= 4 is 11.9 Å². The summed E-state index contributed by atoms with van der Waals surface area (Å²) >= 11 is 0. The number of nitrogens with zero attached hydrogens (tertiary/aromatic N) is 6. The number of carboxylic acids is 2. The Morgan fingerprint density at radius 3 is 0.514 bits per heavy atom. The Hall–Kier alpha value is -0.381. The number of rotatable bonds is 0. The minimum Gasteiger partial charge on any atom is -2.00 e. The second-order valence-electron chi connectivity index (χ2n) is 8.80. The van der Waals surface area contributed by atoms with Crippen molar-refractivity contribution in [3.05, 3.63) is 0 Å². The molecule has 2 rings (SSSR count). The molecule has 0 aromatic heterocycles. The summed E-state index contributed by atoms with van der Waals surface area (Å²) in [5, 5.41) is 17.8. The van der Waals surface area contributed by atoms with E-state index in [0.29, 0.717) is 0 Å². The number of carbonyl (C=O) groups is 2. The third-order valence-electron chi connectivity index (χ3n) is 5.18. The van der Waals surface area contributed by atoms with Crippen LogP contribution in [0.1, 0.15) is 13.8 Å². The van der Waals surface area contributed by atoms with Crippen LogP contribution < -0.4 is 10.2 Å². The van der Waals surface area contributed by atoms with Crippen LogP contribution in [0.4, 0.5) is 0 Å². The molecule has 230 valence electrons. The van der Waals surface area contributed by atoms with Crippen LogP contribution in [-0.4, -0.2) is 162 Å². The van der Waals surface area contributed by atoms with Gasteiger partial charge in [0.05, 0.1) is 0 Å². The summed E-state index contributed by atoms with van der Waals surface area (Å²) in [6.45, 7) is 16.3. The van der Waals surface area contributed by atoms with E-state index in [9.17, 15) is 0 Å². The summed E-state index contributed by atoms with van der Waals surface area (Å²) in [6.07, 6.45) is 0. The van der Waals surface area contributed by atoms with Crippen LogP contribution in [0.15, 0.2) is 0 Å². The number of aliphatic carboxylic acids is 2. The van der Waals surface area contributed by atoms with Crippen LogP contribution in [0.3, 0.4) is 0 Å². The molecular formula is C22H48Mn2N6O7-8. The van der Waals surface area contributed by atoms with Gasteiger partial charge in [0, 0.05) is 125 Å². The van der Waals surface area contributed by atoms with Crippen molar-refractivity contribution in [1.29, 1.82) is 0 Å². The molecule has 37 heavy (non-hydrogen) atoms. The number of carbonyl (C=O) groups excluding carboxylic acids is 2. The van der Waals surface area contributed by atoms with Gasteiger partial charge in [-0.05, 0) is 56.1 Å². The summed E-state index contributed by atoms with van der Waals surface area (Å²) < 4.78 is 0. The zero-order chi connectivity index (χ0) is 25.1. The van der Waals surface area contributed by atoms with Gasteiger partial charge in [0.2, 0.25) is 0 Å². The van der Waals surface area contributed by atoms with E-state index in [1.807, 2.05) is 0 Å². The molecule has 2 radical (unpaired) electrons. The van der Waals surface area contributed by atoms with Crippen LogP contribution in [0, 0.1) is 0 Å². The van der Waals surface area contributed by atoms with Crippen LogP contribution in [0.2, 0.25) is 0 Å². The summed E-state index contributed by atoms with van der Waals surface area (Å²) in [5.41, 5.74) is 0. The van der Waals surface area contributed by atoms with E-state index < -0.39 is 11.9 Å². The molecule has 13 nitrogen and oxygen atoms in total. The molecule has 2 heterocycles. The maximum Gasteiger partial charge on any atom is 0.0383 e. The largest absolute Gasteiger partial charge is 2.00 e. The number of likely N-dealkylation sites (N-methyl/N-ethyl adjacent to an activating group) is 6. The second kappa shape index (κ2) is 33.6. The van der Waals surface area contributed by atoms with E-state index in [4.69, 9.17) is 19.8 Å². The SMILES string of the molecule is CC(=O)[O-].CC(=O)[O-].CN1CCN(C)CCN(C)CC1.CN1CCN(C)CCN(C)CC1.[Mn].[Mn].[O-2].[O-2].[O-2]. The number of carboxylic acid groups (broad SMARTS) is 2. The fourth-order valence-corrected chi connectivity index (χ4v) is 2.72. The molecule has 0 aromatic rings. The smallest absolute Gasteiger partial charge is 0.0383 e. The fraction of sp³-hybridized carbons (Fsp3) is 0.909. The van der Waals surface area contributed by atoms with Gasteiger partial charge in [-0.2, -0.15) is 0 Å². The van der Waals surface area contributed by atoms with Gasteiger partial charge in [-0.1, -0.05) is 0 Å². The van der Waals surface area contributed by atoms with Gasteiger partial charge in [-0.3, -0.25) is 0 Å². The maximum absolute atomic E-state index is 8.89. The van der Waals surface area contributed by atoms with Gasteiger partial charge in [0.1, 0.15) is 0 Å². The van der Waals surface area contributed by atoms with E-state index in [1.54, 1.807) is 0 Å². The standard InChI is InChI=1S/2C9H21N3.2C2H4O2.2Mn.3O/c2*1-10-4-6-11(2)8-9-12(3)7-5-10;2*1-2(3)4;;;;;/h2*4-9H2,1-3H3;2*1H3,(H,3,4);;;;;/q;;;;;;3*-2/p-2. The Morgan fingerprint density at radius 2 is 0.459 bits per heavy atom. The molecule has 0 amide bonds. The number of hydrogen-bond donors (Lipinski definition) is 0. The van der Waals surface area contributed by atoms with Crippen molar-refractivity contribution in [2.45, 2.75) is 13.8 Å². The third kappa shape index (κ3) is 45.9. The molecule has 15 heteroatoms. The topological polar surface area (TPSA) is 185 Å². The minimum atomic E-state index is -1.08. The first kappa shape index (κ1) is 53.0. The van der Waals surface area contributed by atoms with Gasteiger partial charge in [0.25, 0.3) is 0 Å². The average molecular weight is 619 g/mol. The monoisotopic (exact) mass is 618 g/mol. The summed E-state index contributed by atoms with van der Waals surface area (Å²) in [4.78, 5) is 32.2. The molecule has 2 fully saturated rings. The summed E-state index contributed by atoms with van der Waals surface area (Å²) in [6, 6.07) is 0. The molecule has 2 aliphatic heterocycles. The van der Waals surface area contributed by atoms with Crippen LogP contribution >= 0.6 is 0 Å². The molecule has 2 aliphatic rings. The zero-order valence-electron chi connectivity index (χ0n) is 23.8. The molecule has 0 saturated carbocycles. The van der Waals surface area contributed by atoms with Crippen molar-refractivity contribution in [1.82, 2.24) is 29.4 Å². The first-order valence-electron chi connectivity index (χ1n) is 11.3. The predicted octanol–water partition coefficient (Wildman–Crippen LogP) is -3.26. The van der Waals surface area contributed by atoms with Crippen molar-refractivity contribution in [2.75, 3.05) is 121 Å². The van der Waals surface area contributed by atoms with E-state index in [0.717, 1.165) is 13.8 Å². The summed E-state index contributed by atoms with van der Waals surface area (Å²) in [5.74, 6) is -2.17. The van der Waals surface area contributed by atoms with Crippen molar-refractivity contribution in [3.63, 3.8) is 0 Å². The Bertz CT molecular complexity index is 381. The predicted molar refractivity (Wildman–Crippen MR) is 128 cm³/mol. The average Bonchev–Trinajstić information content (AvgIpc) is 2.80. The first-order chi connectivity index (χ1) is 14.8. The molecule has 0 bridgehead atoms. The molecule has 0 spiro atoms. The van der Waals surface area contributed by atoms with Crippen molar-refractivity contribution < 1.29 is 70.4 Å². The Kier molecular flexibility index (Phi) is 48.2. The van der Waals surface area contributed by atoms with Gasteiger partial charge >= 0.3 is 0 Å². The third-order valence-corrected chi connectivity index (χ3v) is 5.18. The van der Waals surface area contributed by atoms with Gasteiger partial charge in [-0.15, -0.1) is 0 Å². The van der Waals surface area contributed by atoms with E-state index in [1.165, 1.54) is 78.5 Å². The molecule has 0 N–H and O–H groups in total. The molecule has 0 unspecified atom stereocenters. The van der Waals surface area contributed by atoms with E-state index in [2.05, 4.69) is 71.7 Å². The van der Waals surface area contributed by atoms with Gasteiger partial charge in [0.15, 0.2) is 0 Å². The molecule has 2 saturated heterocycles. The fourth-order valence-electron chi connectivity index (χ4n) is 2.72. The van der Waals surface area contributed by atoms with E-state index >= 15 is 0 Å². The quantitative estimate of drug-likeness (QED) is 0.250. The minimum absolute atomic E-state index is 0. The number of hydrogen-bond acceptors (Lipinski definition) is 10. The van der Waals surface area contributed by atoms with Gasteiger partial charge in [-0.25, -0.2) is 0 Å². The molecule has 0 aliphatic carbocycles. The van der Waals surface area contributed by atoms with Crippen LogP contribution in [0.25, 0.3) is 0 Å². The van der Waals surface area contributed by atoms with Crippen molar-refractivity contribution in [2.24, 2.45) is 0 Å².